The molecule has 13 nitrogen and oxygen atoms in total. The first-order chi connectivity index (χ1) is 19.3. The molecular weight excluding hydrogens is 609 g/mol. The molecular formula is C24H30ClF3N6O7S. The van der Waals surface area contributed by atoms with Crippen LogP contribution < -0.4 is 19.8 Å². The number of hydroxylamine groups is 1. The number of sulfonamides is 1. The van der Waals surface area contributed by atoms with E-state index in [0.29, 0.717) is 26.2 Å². The van der Waals surface area contributed by atoms with Crippen LogP contribution in [0.1, 0.15) is 41.0 Å². The maximum absolute atomic E-state index is 13.9. The zero-order valence-corrected chi connectivity index (χ0v) is 24.8. The highest BCUT2D eigenvalue weighted by Crippen LogP contribution is 2.42. The number of aromatic nitrogens is 2. The number of aryl methyl sites for hydroxylation is 1. The fourth-order valence-corrected chi connectivity index (χ4v) is 6.19. The van der Waals surface area contributed by atoms with Gasteiger partial charge < -0.3 is 14.6 Å². The number of carbonyl (C=O) groups excluding carboxylic acids is 1. The lowest BCUT2D eigenvalue weighted by Crippen LogP contribution is -2.47. The van der Waals surface area contributed by atoms with E-state index in [0.717, 1.165) is 4.31 Å². The molecule has 2 aliphatic rings. The van der Waals surface area contributed by atoms with Crippen molar-refractivity contribution >= 4 is 44.9 Å². The number of alkyl halides is 3. The van der Waals surface area contributed by atoms with Crippen LogP contribution in [-0.4, -0.2) is 66.1 Å². The van der Waals surface area contributed by atoms with E-state index < -0.39 is 45.8 Å². The highest BCUT2D eigenvalue weighted by molar-refractivity contribution is 7.93. The quantitative estimate of drug-likeness (QED) is 0.388. The summed E-state index contributed by atoms with van der Waals surface area (Å²) in [5.74, 6) is 0.433. The first-order valence-corrected chi connectivity index (χ1v) is 14.5. The molecule has 2 aromatic rings. The Labute approximate surface area is 244 Å². The van der Waals surface area contributed by atoms with E-state index >= 15 is 0 Å². The van der Waals surface area contributed by atoms with Gasteiger partial charge in [0.1, 0.15) is 22.6 Å². The van der Waals surface area contributed by atoms with Crippen molar-refractivity contribution in [1.29, 1.82) is 0 Å². The largest absolute Gasteiger partial charge is 0.486 e. The van der Waals surface area contributed by atoms with Gasteiger partial charge >= 0.3 is 12.3 Å². The predicted molar refractivity (Wildman–Crippen MR) is 145 cm³/mol. The summed E-state index contributed by atoms with van der Waals surface area (Å²) < 4.78 is 80.5. The molecule has 4 rings (SSSR count). The zero-order valence-electron chi connectivity index (χ0n) is 23.2. The molecule has 0 spiro atoms. The Bertz CT molecular complexity index is 1500. The van der Waals surface area contributed by atoms with Gasteiger partial charge in [-0.25, -0.2) is 28.5 Å². The fraction of sp³-hybridized carbons (Fsp3) is 0.542. The standard InChI is InChI=1S/C24H30ClF3N6O7S/c1-6-33-12-17(18(25)31-33)42(37,38)34-11-14(10-22(2,3)19-30-21(36)41-32-19)39-16-8-7-13(9-15(16)34)29-20(35)40-23(4,5)24(26,27)28/h7-9,12,14,21,36H,6,10-11H2,1-5H3,(H,29,35)(H,30,32)/t14-,21?/m1/s1. The molecule has 0 saturated heterocycles. The second-order valence-corrected chi connectivity index (χ2v) is 12.9. The van der Waals surface area contributed by atoms with Crippen LogP contribution in [0.4, 0.5) is 29.3 Å². The Morgan fingerprint density at radius 2 is 1.98 bits per heavy atom. The molecule has 0 radical (unpaired) electrons. The van der Waals surface area contributed by atoms with Gasteiger partial charge in [0, 0.05) is 23.8 Å². The Kier molecular flexibility index (Phi) is 8.36. The topological polar surface area (TPSA) is 157 Å². The van der Waals surface area contributed by atoms with Crippen molar-refractivity contribution in [3.8, 4) is 5.75 Å². The number of hydrogen-bond donors (Lipinski definition) is 3. The summed E-state index contributed by atoms with van der Waals surface area (Å²) in [7, 11) is -4.37. The van der Waals surface area contributed by atoms with Gasteiger partial charge in [0.25, 0.3) is 16.4 Å². The molecule has 18 heteroatoms. The molecule has 0 bridgehead atoms. The third kappa shape index (κ3) is 6.38. The zero-order chi connectivity index (χ0) is 31.3. The molecule has 1 unspecified atom stereocenters. The van der Waals surface area contributed by atoms with Crippen LogP contribution >= 0.6 is 11.6 Å². The van der Waals surface area contributed by atoms with Crippen molar-refractivity contribution in [1.82, 2.24) is 15.3 Å². The Morgan fingerprint density at radius 1 is 1.29 bits per heavy atom. The number of halogens is 4. The molecule has 232 valence electrons. The Hall–Kier alpha value is -3.28. The van der Waals surface area contributed by atoms with Gasteiger partial charge in [-0.2, -0.15) is 18.3 Å². The first-order valence-electron chi connectivity index (χ1n) is 12.6. The van der Waals surface area contributed by atoms with Crippen molar-refractivity contribution in [2.24, 2.45) is 10.4 Å². The normalized spacial score (nSPS) is 19.5. The van der Waals surface area contributed by atoms with E-state index in [1.54, 1.807) is 20.8 Å². The van der Waals surface area contributed by atoms with Crippen molar-refractivity contribution in [2.45, 2.75) is 76.8 Å². The second-order valence-electron chi connectivity index (χ2n) is 10.7. The number of ether oxygens (including phenoxy) is 2. The van der Waals surface area contributed by atoms with Gasteiger partial charge in [-0.3, -0.25) is 14.3 Å². The molecule has 1 aromatic carbocycles. The van der Waals surface area contributed by atoms with Crippen molar-refractivity contribution in [2.75, 3.05) is 16.2 Å². The van der Waals surface area contributed by atoms with E-state index in [1.807, 2.05) is 0 Å². The van der Waals surface area contributed by atoms with Gasteiger partial charge in [-0.05, 0) is 45.4 Å². The van der Waals surface area contributed by atoms with Gasteiger partial charge in [0.2, 0.25) is 5.60 Å². The highest BCUT2D eigenvalue weighted by Gasteiger charge is 2.51. The fourth-order valence-electron chi connectivity index (χ4n) is 4.24. The number of benzene rings is 1. The van der Waals surface area contributed by atoms with E-state index in [9.17, 15) is 31.5 Å². The third-order valence-electron chi connectivity index (χ3n) is 6.63. The summed E-state index contributed by atoms with van der Waals surface area (Å²) in [6.07, 6.45) is -6.87. The number of nitrogens with one attached hydrogen (secondary N) is 2. The number of aliphatic hydroxyl groups is 1. The molecule has 2 atom stereocenters. The number of amidine groups is 1. The van der Waals surface area contributed by atoms with Crippen LogP contribution in [0.3, 0.4) is 0 Å². The van der Waals surface area contributed by atoms with Gasteiger partial charge in [0.05, 0.1) is 12.2 Å². The van der Waals surface area contributed by atoms with Crippen LogP contribution in [0.25, 0.3) is 0 Å². The first kappa shape index (κ1) is 31.7. The summed E-state index contributed by atoms with van der Waals surface area (Å²) in [4.78, 5) is 20.9. The van der Waals surface area contributed by atoms with Crippen LogP contribution in [0.5, 0.6) is 5.75 Å². The molecule has 2 aliphatic heterocycles. The lowest BCUT2D eigenvalue weighted by Gasteiger charge is -2.38. The number of rotatable bonds is 8. The van der Waals surface area contributed by atoms with E-state index in [4.69, 9.17) is 21.2 Å². The maximum atomic E-state index is 13.9. The van der Waals surface area contributed by atoms with E-state index in [2.05, 4.69) is 25.6 Å². The number of aliphatic hydroxyl groups excluding tert-OH is 1. The van der Waals surface area contributed by atoms with Gasteiger partial charge in [-0.15, -0.1) is 0 Å². The summed E-state index contributed by atoms with van der Waals surface area (Å²) in [5.41, 5.74) is -1.05. The lowest BCUT2D eigenvalue weighted by molar-refractivity contribution is -0.242. The third-order valence-corrected chi connectivity index (χ3v) is 8.80. The number of hydrogen-bond acceptors (Lipinski definition) is 10. The molecule has 0 saturated carbocycles. The lowest BCUT2D eigenvalue weighted by atomic mass is 9.85. The monoisotopic (exact) mass is 638 g/mol. The summed E-state index contributed by atoms with van der Waals surface area (Å²) in [6.45, 7) is 6.85. The number of aliphatic imine (C=N–C) groups is 1. The molecule has 1 amide bonds. The van der Waals surface area contributed by atoms with Crippen LogP contribution in [0.2, 0.25) is 5.15 Å². The minimum absolute atomic E-state index is 0.00709. The average Bonchev–Trinajstić information content (AvgIpc) is 3.48. The van der Waals surface area contributed by atoms with E-state index in [-0.39, 0.29) is 40.1 Å². The van der Waals surface area contributed by atoms with Crippen molar-refractivity contribution in [3.05, 3.63) is 29.5 Å². The SMILES string of the molecule is CCn1cc(S(=O)(=O)N2C[C@@H](CC(C)(C)C3=NC(O)ON3)Oc3ccc(NC(=O)OC(C)(C)C(F)(F)F)cc32)c(Cl)n1. The number of carbonyl (C=O) groups is 1. The van der Waals surface area contributed by atoms with Gasteiger partial charge in [-0.1, -0.05) is 25.4 Å². The van der Waals surface area contributed by atoms with Crippen molar-refractivity contribution < 1.29 is 45.8 Å². The van der Waals surface area contributed by atoms with Crippen LogP contribution in [0.15, 0.2) is 34.3 Å². The molecule has 42 heavy (non-hydrogen) atoms. The molecule has 0 fully saturated rings. The summed E-state index contributed by atoms with van der Waals surface area (Å²) >= 11 is 6.20. The number of anilines is 2. The molecule has 3 N–H and O–H groups in total. The molecule has 1 aromatic heterocycles. The number of amides is 1. The summed E-state index contributed by atoms with van der Waals surface area (Å²) in [5, 5.41) is 15.6. The van der Waals surface area contributed by atoms with Crippen molar-refractivity contribution in [3.63, 3.8) is 0 Å². The number of fused-ring (bicyclic) bond motifs is 1. The van der Waals surface area contributed by atoms with Crippen LogP contribution in [0, 0.1) is 5.41 Å². The Morgan fingerprint density at radius 3 is 2.55 bits per heavy atom. The summed E-state index contributed by atoms with van der Waals surface area (Å²) in [6, 6.07) is 3.94. The smallest absolute Gasteiger partial charge is 0.427 e. The van der Waals surface area contributed by atoms with Crippen LogP contribution in [-0.2, 0) is 26.1 Å². The minimum Gasteiger partial charge on any atom is -0.486 e. The highest BCUT2D eigenvalue weighted by atomic mass is 35.5. The average molecular weight is 639 g/mol. The van der Waals surface area contributed by atoms with E-state index in [1.165, 1.54) is 29.1 Å². The number of nitrogens with zero attached hydrogens (tertiary/aromatic N) is 4. The minimum atomic E-state index is -4.83. The maximum Gasteiger partial charge on any atom is 0.427 e. The van der Waals surface area contributed by atoms with Gasteiger partial charge in [0.15, 0.2) is 5.15 Å². The predicted octanol–water partition coefficient (Wildman–Crippen LogP) is 4.03. The Balaban J connectivity index is 1.69. The second kappa shape index (κ2) is 11.1. The molecule has 3 heterocycles. The molecule has 0 aliphatic carbocycles.